The maximum Gasteiger partial charge on any atom is 0.236 e. The van der Waals surface area contributed by atoms with Crippen LogP contribution in [0.1, 0.15) is 63.1 Å². The summed E-state index contributed by atoms with van der Waals surface area (Å²) in [5.74, 6) is 0.919. The van der Waals surface area contributed by atoms with E-state index in [4.69, 9.17) is 27.8 Å². The summed E-state index contributed by atoms with van der Waals surface area (Å²) in [6.07, 6.45) is 2.93. The van der Waals surface area contributed by atoms with E-state index >= 15 is 0 Å². The number of hydrogen-bond acceptors (Lipinski definition) is 5. The van der Waals surface area contributed by atoms with Gasteiger partial charge in [-0.1, -0.05) is 26.8 Å². The first kappa shape index (κ1) is 27.0. The van der Waals surface area contributed by atoms with Crippen molar-refractivity contribution in [2.75, 3.05) is 26.9 Å². The molecule has 2 unspecified atom stereocenters. The Morgan fingerprint density at radius 2 is 2.06 bits per heavy atom. The number of ether oxygens (including phenoxy) is 1. The summed E-state index contributed by atoms with van der Waals surface area (Å²) in [5, 5.41) is 16.4. The number of nitriles is 1. The lowest BCUT2D eigenvalue weighted by atomic mass is 9.82. The van der Waals surface area contributed by atoms with Gasteiger partial charge in [-0.05, 0) is 79.4 Å². The van der Waals surface area contributed by atoms with Crippen LogP contribution in [0.4, 0.5) is 0 Å². The molecule has 0 spiro atoms. The molecule has 1 aliphatic rings. The fourth-order valence-electron chi connectivity index (χ4n) is 4.56. The average molecular weight is 448 g/mol. The van der Waals surface area contributed by atoms with Gasteiger partial charge in [0.05, 0.1) is 30.7 Å². The third-order valence-electron chi connectivity index (χ3n) is 5.60. The minimum Gasteiger partial charge on any atom is -0.400 e. The number of benzene rings is 1. The van der Waals surface area contributed by atoms with Crippen LogP contribution in [0.5, 0.6) is 0 Å². The van der Waals surface area contributed by atoms with Crippen molar-refractivity contribution in [1.82, 2.24) is 4.90 Å². The number of thiocarbonyl (C=S) groups is 1. The maximum absolute atomic E-state index is 13.6. The van der Waals surface area contributed by atoms with Crippen molar-refractivity contribution in [2.24, 2.45) is 23.5 Å². The van der Waals surface area contributed by atoms with Gasteiger partial charge in [-0.3, -0.25) is 9.69 Å². The van der Waals surface area contributed by atoms with E-state index in [1.54, 1.807) is 0 Å². The van der Waals surface area contributed by atoms with Crippen LogP contribution in [-0.2, 0) is 16.0 Å². The summed E-state index contributed by atoms with van der Waals surface area (Å²) in [4.78, 5) is 15.1. The molecule has 0 heterocycles. The SMILES string of the molecule is CCOCCN(C(=O)[C@@H]1c2cc(C#N)ccc2CC1CC(C)CC(C)C)C(N)=S.CO. The summed E-state index contributed by atoms with van der Waals surface area (Å²) in [6, 6.07) is 7.89. The van der Waals surface area contributed by atoms with Crippen molar-refractivity contribution in [2.45, 2.75) is 52.9 Å². The lowest BCUT2D eigenvalue weighted by molar-refractivity contribution is -0.130. The highest BCUT2D eigenvalue weighted by Crippen LogP contribution is 2.43. The summed E-state index contributed by atoms with van der Waals surface area (Å²) >= 11 is 5.18. The van der Waals surface area contributed by atoms with E-state index in [0.717, 1.165) is 37.5 Å². The summed E-state index contributed by atoms with van der Waals surface area (Å²) in [6.45, 7) is 9.94. The van der Waals surface area contributed by atoms with Crippen molar-refractivity contribution in [3.8, 4) is 6.07 Å². The first-order valence-corrected chi connectivity index (χ1v) is 11.3. The second kappa shape index (κ2) is 13.4. The molecule has 0 saturated carbocycles. The fourth-order valence-corrected chi connectivity index (χ4v) is 4.74. The zero-order valence-corrected chi connectivity index (χ0v) is 20.2. The van der Waals surface area contributed by atoms with Gasteiger partial charge in [0, 0.05) is 13.7 Å². The molecule has 3 atom stereocenters. The van der Waals surface area contributed by atoms with Crippen molar-refractivity contribution in [3.05, 3.63) is 34.9 Å². The number of fused-ring (bicyclic) bond motifs is 1. The highest BCUT2D eigenvalue weighted by atomic mass is 32.1. The zero-order chi connectivity index (χ0) is 23.6. The number of aliphatic hydroxyl groups is 1. The predicted molar refractivity (Wildman–Crippen MR) is 127 cm³/mol. The molecule has 2 rings (SSSR count). The molecule has 31 heavy (non-hydrogen) atoms. The molecule has 3 N–H and O–H groups in total. The Bertz CT molecular complexity index is 776. The molecule has 1 aliphatic carbocycles. The zero-order valence-electron chi connectivity index (χ0n) is 19.4. The number of carbonyl (C=O) groups excluding carboxylic acids is 1. The smallest absolute Gasteiger partial charge is 0.236 e. The molecule has 1 amide bonds. The van der Waals surface area contributed by atoms with E-state index < -0.39 is 0 Å². The molecule has 0 aromatic heterocycles. The summed E-state index contributed by atoms with van der Waals surface area (Å²) in [7, 11) is 1.00. The van der Waals surface area contributed by atoms with Crippen molar-refractivity contribution >= 4 is 23.2 Å². The van der Waals surface area contributed by atoms with Gasteiger partial charge >= 0.3 is 0 Å². The van der Waals surface area contributed by atoms with Crippen LogP contribution in [0, 0.1) is 29.1 Å². The van der Waals surface area contributed by atoms with Crippen LogP contribution in [0.2, 0.25) is 0 Å². The first-order chi connectivity index (χ1) is 14.8. The van der Waals surface area contributed by atoms with Crippen LogP contribution in [0.15, 0.2) is 18.2 Å². The Morgan fingerprint density at radius 3 is 2.61 bits per heavy atom. The van der Waals surface area contributed by atoms with E-state index in [1.165, 1.54) is 4.90 Å². The van der Waals surface area contributed by atoms with Gasteiger partial charge in [0.15, 0.2) is 5.11 Å². The van der Waals surface area contributed by atoms with E-state index in [1.807, 2.05) is 25.1 Å². The number of carbonyl (C=O) groups is 1. The summed E-state index contributed by atoms with van der Waals surface area (Å²) < 4.78 is 5.42. The van der Waals surface area contributed by atoms with Gasteiger partial charge in [-0.2, -0.15) is 5.26 Å². The average Bonchev–Trinajstić information content (AvgIpc) is 3.07. The number of nitrogens with zero attached hydrogens (tertiary/aromatic N) is 2. The van der Waals surface area contributed by atoms with Crippen LogP contribution in [0.3, 0.4) is 0 Å². The molecule has 0 bridgehead atoms. The molecule has 0 radical (unpaired) electrons. The minimum atomic E-state index is -0.323. The Morgan fingerprint density at radius 1 is 1.39 bits per heavy atom. The monoisotopic (exact) mass is 447 g/mol. The van der Waals surface area contributed by atoms with Crippen molar-refractivity contribution in [3.63, 3.8) is 0 Å². The van der Waals surface area contributed by atoms with Gasteiger partial charge in [-0.15, -0.1) is 0 Å². The predicted octanol–water partition coefficient (Wildman–Crippen LogP) is 3.60. The molecule has 6 nitrogen and oxygen atoms in total. The minimum absolute atomic E-state index is 0.0761. The van der Waals surface area contributed by atoms with E-state index in [2.05, 4.69) is 26.8 Å². The number of hydrogen-bond donors (Lipinski definition) is 2. The quantitative estimate of drug-likeness (QED) is 0.443. The molecule has 0 saturated heterocycles. The third kappa shape index (κ3) is 7.57. The van der Waals surface area contributed by atoms with Gasteiger partial charge in [-0.25, -0.2) is 0 Å². The van der Waals surface area contributed by atoms with Crippen LogP contribution in [-0.4, -0.2) is 47.9 Å². The normalized spacial score (nSPS) is 17.9. The van der Waals surface area contributed by atoms with Gasteiger partial charge in [0.25, 0.3) is 0 Å². The number of aliphatic hydroxyl groups excluding tert-OH is 1. The Balaban J connectivity index is 0.00000233. The number of nitrogens with two attached hydrogens (primary N) is 1. The highest BCUT2D eigenvalue weighted by molar-refractivity contribution is 7.80. The molecular weight excluding hydrogens is 410 g/mol. The van der Waals surface area contributed by atoms with Crippen LogP contribution >= 0.6 is 12.2 Å². The molecule has 172 valence electrons. The Kier molecular flexibility index (Phi) is 11.7. The van der Waals surface area contributed by atoms with Gasteiger partial charge in [0.2, 0.25) is 5.91 Å². The first-order valence-electron chi connectivity index (χ1n) is 10.9. The van der Waals surface area contributed by atoms with E-state index in [-0.39, 0.29) is 22.9 Å². The second-order valence-corrected chi connectivity index (χ2v) is 8.88. The van der Waals surface area contributed by atoms with Gasteiger partial charge < -0.3 is 15.6 Å². The van der Waals surface area contributed by atoms with Crippen molar-refractivity contribution < 1.29 is 14.6 Å². The highest BCUT2D eigenvalue weighted by Gasteiger charge is 2.40. The molecule has 0 fully saturated rings. The Labute approximate surface area is 192 Å². The lowest BCUT2D eigenvalue weighted by Crippen LogP contribution is -2.45. The topological polar surface area (TPSA) is 99.6 Å². The standard InChI is InChI=1S/C23H33N3O2S.CH4O/c1-5-28-9-8-26(23(25)29)22(27)21-19(11-16(4)10-15(2)3)13-18-7-6-17(14-24)12-20(18)21;1-2/h6-7,12,15-16,19,21H,5,8-11,13H2,1-4H3,(H2,25,29);2H,1H3/t16?,19?,21-;/m0./s1. The fraction of sp³-hybridized carbons (Fsp3) is 0.625. The molecule has 1 aromatic rings. The molecular formula is C24H37N3O3S. The van der Waals surface area contributed by atoms with Crippen LogP contribution in [0.25, 0.3) is 0 Å². The second-order valence-electron chi connectivity index (χ2n) is 8.46. The van der Waals surface area contributed by atoms with Crippen LogP contribution < -0.4 is 5.73 Å². The summed E-state index contributed by atoms with van der Waals surface area (Å²) in [5.41, 5.74) is 8.58. The Hall–Kier alpha value is -2.01. The maximum atomic E-state index is 13.6. The van der Waals surface area contributed by atoms with Crippen molar-refractivity contribution in [1.29, 1.82) is 5.26 Å². The largest absolute Gasteiger partial charge is 0.400 e. The number of rotatable bonds is 9. The third-order valence-corrected chi connectivity index (χ3v) is 5.82. The van der Waals surface area contributed by atoms with Gasteiger partial charge in [0.1, 0.15) is 0 Å². The van der Waals surface area contributed by atoms with E-state index in [0.29, 0.717) is 37.2 Å². The molecule has 0 aliphatic heterocycles. The van der Waals surface area contributed by atoms with E-state index in [9.17, 15) is 10.1 Å². The molecule has 7 heteroatoms. The number of amides is 1. The lowest BCUT2D eigenvalue weighted by Gasteiger charge is -2.29. The molecule has 1 aromatic carbocycles.